The highest BCUT2D eigenvalue weighted by molar-refractivity contribution is 6.35. The first-order valence-corrected chi connectivity index (χ1v) is 9.87. The van der Waals surface area contributed by atoms with Crippen molar-refractivity contribution in [3.05, 3.63) is 57.5 Å². The number of ether oxygens (including phenoxy) is 1. The highest BCUT2D eigenvalue weighted by Gasteiger charge is 2.21. The predicted octanol–water partition coefficient (Wildman–Crippen LogP) is 2.78. The second-order valence-electron chi connectivity index (χ2n) is 7.16. The Morgan fingerprint density at radius 1 is 1.17 bits per heavy atom. The maximum atomic E-state index is 13.0. The first kappa shape index (κ1) is 18.7. The summed E-state index contributed by atoms with van der Waals surface area (Å²) < 4.78 is 5.33. The summed E-state index contributed by atoms with van der Waals surface area (Å²) in [4.78, 5) is 30.1. The van der Waals surface area contributed by atoms with Gasteiger partial charge >= 0.3 is 0 Å². The van der Waals surface area contributed by atoms with Crippen LogP contribution >= 0.6 is 11.6 Å². The molecule has 152 valence electrons. The van der Waals surface area contributed by atoms with Gasteiger partial charge in [0.2, 0.25) is 0 Å². The molecule has 1 amide bonds. The van der Waals surface area contributed by atoms with Gasteiger partial charge in [-0.15, -0.1) is 0 Å². The SMILES string of the molecule is Nc1c(-c2ccc(Cl)c3[nH]ncc23)c2cc(C(=O)N3CCOCC3)ccc2[nH]c1=O. The number of nitrogen functional groups attached to an aromatic ring is 1. The van der Waals surface area contributed by atoms with E-state index in [0.29, 0.717) is 64.4 Å². The van der Waals surface area contributed by atoms with Gasteiger partial charge in [0, 0.05) is 40.5 Å². The van der Waals surface area contributed by atoms with Crippen molar-refractivity contribution in [2.45, 2.75) is 0 Å². The number of nitrogens with two attached hydrogens (primary N) is 1. The van der Waals surface area contributed by atoms with Crippen molar-refractivity contribution in [1.29, 1.82) is 0 Å². The van der Waals surface area contributed by atoms with Gasteiger partial charge in [-0.05, 0) is 29.8 Å². The fourth-order valence-electron chi connectivity index (χ4n) is 3.90. The molecule has 2 aromatic heterocycles. The van der Waals surface area contributed by atoms with E-state index in [4.69, 9.17) is 22.1 Å². The Hall–Kier alpha value is -3.36. The molecule has 0 unspecified atom stereocenters. The number of fused-ring (bicyclic) bond motifs is 2. The summed E-state index contributed by atoms with van der Waals surface area (Å²) in [6.07, 6.45) is 1.64. The fraction of sp³-hybridized carbons (Fsp3) is 0.190. The van der Waals surface area contributed by atoms with Crippen molar-refractivity contribution < 1.29 is 9.53 Å². The number of pyridine rings is 1. The summed E-state index contributed by atoms with van der Waals surface area (Å²) in [5.74, 6) is -0.0829. The average Bonchev–Trinajstić information content (AvgIpc) is 3.27. The number of morpholine rings is 1. The number of halogens is 1. The molecule has 0 aliphatic carbocycles. The number of rotatable bonds is 2. The molecule has 4 aromatic rings. The van der Waals surface area contributed by atoms with Crippen molar-refractivity contribution in [3.8, 4) is 11.1 Å². The zero-order valence-electron chi connectivity index (χ0n) is 15.9. The molecule has 0 atom stereocenters. The Kier molecular flexibility index (Phi) is 4.45. The highest BCUT2D eigenvalue weighted by atomic mass is 35.5. The molecule has 1 fully saturated rings. The lowest BCUT2D eigenvalue weighted by Gasteiger charge is -2.27. The van der Waals surface area contributed by atoms with Gasteiger partial charge in [-0.25, -0.2) is 0 Å². The molecule has 9 heteroatoms. The first-order chi connectivity index (χ1) is 14.5. The Balaban J connectivity index is 1.75. The van der Waals surface area contributed by atoms with E-state index in [1.165, 1.54) is 0 Å². The van der Waals surface area contributed by atoms with Crippen LogP contribution in [0.4, 0.5) is 5.69 Å². The number of amides is 1. The number of benzene rings is 2. The van der Waals surface area contributed by atoms with Crippen LogP contribution in [0.5, 0.6) is 0 Å². The quantitative estimate of drug-likeness (QED) is 0.458. The van der Waals surface area contributed by atoms with Crippen LogP contribution in [0.1, 0.15) is 10.4 Å². The Morgan fingerprint density at radius 2 is 1.97 bits per heavy atom. The van der Waals surface area contributed by atoms with Crippen molar-refractivity contribution >= 4 is 45.0 Å². The molecule has 30 heavy (non-hydrogen) atoms. The first-order valence-electron chi connectivity index (χ1n) is 9.49. The molecule has 2 aromatic carbocycles. The minimum Gasteiger partial charge on any atom is -0.394 e. The highest BCUT2D eigenvalue weighted by Crippen LogP contribution is 2.37. The van der Waals surface area contributed by atoms with E-state index in [-0.39, 0.29) is 11.6 Å². The monoisotopic (exact) mass is 423 g/mol. The topological polar surface area (TPSA) is 117 Å². The van der Waals surface area contributed by atoms with Crippen molar-refractivity contribution in [1.82, 2.24) is 20.1 Å². The minimum absolute atomic E-state index is 0.0725. The normalized spacial score (nSPS) is 14.5. The molecule has 0 spiro atoms. The summed E-state index contributed by atoms with van der Waals surface area (Å²) in [5.41, 5.74) is 8.94. The van der Waals surface area contributed by atoms with Gasteiger partial charge in [-0.1, -0.05) is 17.7 Å². The Bertz CT molecular complexity index is 1350. The van der Waals surface area contributed by atoms with Gasteiger partial charge in [0.1, 0.15) is 5.69 Å². The van der Waals surface area contributed by atoms with E-state index in [2.05, 4.69) is 15.2 Å². The number of aromatic nitrogens is 3. The van der Waals surface area contributed by atoms with Crippen molar-refractivity contribution in [2.24, 2.45) is 0 Å². The van der Waals surface area contributed by atoms with Crippen LogP contribution in [0, 0.1) is 0 Å². The van der Waals surface area contributed by atoms with Crippen LogP contribution in [0.2, 0.25) is 5.02 Å². The summed E-state index contributed by atoms with van der Waals surface area (Å²) in [5, 5.41) is 8.88. The summed E-state index contributed by atoms with van der Waals surface area (Å²) in [7, 11) is 0. The molecular weight excluding hydrogens is 406 g/mol. The second kappa shape index (κ2) is 7.16. The van der Waals surface area contributed by atoms with Crippen LogP contribution in [-0.2, 0) is 4.74 Å². The smallest absolute Gasteiger partial charge is 0.272 e. The maximum Gasteiger partial charge on any atom is 0.272 e. The van der Waals surface area contributed by atoms with E-state index < -0.39 is 5.56 Å². The van der Waals surface area contributed by atoms with E-state index in [9.17, 15) is 9.59 Å². The van der Waals surface area contributed by atoms with Gasteiger partial charge in [0.25, 0.3) is 11.5 Å². The number of H-pyrrole nitrogens is 2. The van der Waals surface area contributed by atoms with Crippen molar-refractivity contribution in [3.63, 3.8) is 0 Å². The van der Waals surface area contributed by atoms with Crippen molar-refractivity contribution in [2.75, 3.05) is 32.0 Å². The van der Waals surface area contributed by atoms with Crippen LogP contribution < -0.4 is 11.3 Å². The van der Waals surface area contributed by atoms with Crippen LogP contribution in [-0.4, -0.2) is 52.3 Å². The van der Waals surface area contributed by atoms with Crippen LogP contribution in [0.15, 0.2) is 41.3 Å². The standard InChI is InChI=1S/C21H18ClN5O3/c22-15-3-2-12(14-10-24-26-19(14)15)17-13-9-11(21(29)27-5-7-30-8-6-27)1-4-16(13)25-20(28)18(17)23/h1-4,9-10H,5-8,23H2,(H,24,26)(H,25,28). The number of hydrogen-bond donors (Lipinski definition) is 3. The molecule has 1 saturated heterocycles. The van der Waals surface area contributed by atoms with Gasteiger partial charge in [-0.3, -0.25) is 14.7 Å². The third kappa shape index (κ3) is 2.92. The molecule has 1 aliphatic rings. The zero-order chi connectivity index (χ0) is 20.8. The molecular formula is C21H18ClN5O3. The lowest BCUT2D eigenvalue weighted by molar-refractivity contribution is 0.0303. The fourth-order valence-corrected chi connectivity index (χ4v) is 4.11. The maximum absolute atomic E-state index is 13.0. The summed E-state index contributed by atoms with van der Waals surface area (Å²) >= 11 is 6.27. The lowest BCUT2D eigenvalue weighted by atomic mass is 9.95. The summed E-state index contributed by atoms with van der Waals surface area (Å²) in [6, 6.07) is 8.75. The molecule has 0 radical (unpaired) electrons. The van der Waals surface area contributed by atoms with E-state index in [0.717, 1.165) is 5.39 Å². The Morgan fingerprint density at radius 3 is 2.77 bits per heavy atom. The Labute approximate surface area is 175 Å². The van der Waals surface area contributed by atoms with Crippen LogP contribution in [0.25, 0.3) is 32.9 Å². The molecule has 0 bridgehead atoms. The van der Waals surface area contributed by atoms with Gasteiger partial charge in [-0.2, -0.15) is 5.10 Å². The average molecular weight is 424 g/mol. The number of anilines is 1. The minimum atomic E-state index is -0.392. The number of nitrogens with one attached hydrogen (secondary N) is 2. The third-order valence-corrected chi connectivity index (χ3v) is 5.75. The van der Waals surface area contributed by atoms with E-state index in [1.807, 2.05) is 0 Å². The molecule has 3 heterocycles. The molecule has 4 N–H and O–H groups in total. The van der Waals surface area contributed by atoms with Gasteiger partial charge < -0.3 is 20.4 Å². The number of aromatic amines is 2. The lowest BCUT2D eigenvalue weighted by Crippen LogP contribution is -2.40. The summed E-state index contributed by atoms with van der Waals surface area (Å²) in [6.45, 7) is 2.14. The second-order valence-corrected chi connectivity index (χ2v) is 7.57. The predicted molar refractivity (Wildman–Crippen MR) is 116 cm³/mol. The van der Waals surface area contributed by atoms with Crippen LogP contribution in [0.3, 0.4) is 0 Å². The third-order valence-electron chi connectivity index (χ3n) is 5.43. The molecule has 0 saturated carbocycles. The number of carbonyl (C=O) groups is 1. The zero-order valence-corrected chi connectivity index (χ0v) is 16.6. The largest absolute Gasteiger partial charge is 0.394 e. The number of carbonyl (C=O) groups excluding carboxylic acids is 1. The molecule has 1 aliphatic heterocycles. The van der Waals surface area contributed by atoms with Gasteiger partial charge in [0.15, 0.2) is 0 Å². The molecule has 8 nitrogen and oxygen atoms in total. The van der Waals surface area contributed by atoms with Gasteiger partial charge in [0.05, 0.1) is 29.9 Å². The van der Waals surface area contributed by atoms with E-state index >= 15 is 0 Å². The number of nitrogens with zero attached hydrogens (tertiary/aromatic N) is 2. The van der Waals surface area contributed by atoms with E-state index in [1.54, 1.807) is 41.4 Å². The number of hydrogen-bond acceptors (Lipinski definition) is 5. The molecule has 5 rings (SSSR count).